The molecule has 0 aliphatic carbocycles. The minimum Gasteiger partial charge on any atom is -0.436 e. The predicted octanol–water partition coefficient (Wildman–Crippen LogP) is 3.79. The largest absolute Gasteiger partial charge is 0.436 e. The van der Waals surface area contributed by atoms with Crippen molar-refractivity contribution in [1.82, 2.24) is 15.4 Å². The summed E-state index contributed by atoms with van der Waals surface area (Å²) in [6.07, 6.45) is 1.47. The van der Waals surface area contributed by atoms with Crippen molar-refractivity contribution in [2.75, 3.05) is 0 Å². The van der Waals surface area contributed by atoms with Crippen LogP contribution in [0, 0.1) is 11.3 Å². The van der Waals surface area contributed by atoms with Crippen LogP contribution in [-0.2, 0) is 0 Å². The average molecular weight is 297 g/mol. The molecular formula is C15H9ClN4O. The summed E-state index contributed by atoms with van der Waals surface area (Å²) >= 11 is 6.29. The SMILES string of the molecule is N#Cc1ccc(-c2ccc(Oc3cn[nH]n3)cc2Cl)cc1. The minimum atomic E-state index is 0.372. The van der Waals surface area contributed by atoms with Gasteiger partial charge in [-0.05, 0) is 29.8 Å². The van der Waals surface area contributed by atoms with Gasteiger partial charge in [-0.2, -0.15) is 15.6 Å². The van der Waals surface area contributed by atoms with Gasteiger partial charge in [0, 0.05) is 11.6 Å². The van der Waals surface area contributed by atoms with Gasteiger partial charge >= 0.3 is 0 Å². The van der Waals surface area contributed by atoms with E-state index < -0.39 is 0 Å². The van der Waals surface area contributed by atoms with Crippen molar-refractivity contribution in [2.24, 2.45) is 0 Å². The van der Waals surface area contributed by atoms with Crippen molar-refractivity contribution in [1.29, 1.82) is 5.26 Å². The van der Waals surface area contributed by atoms with Crippen molar-refractivity contribution in [3.8, 4) is 28.8 Å². The molecular weight excluding hydrogens is 288 g/mol. The van der Waals surface area contributed by atoms with Gasteiger partial charge < -0.3 is 4.74 Å². The summed E-state index contributed by atoms with van der Waals surface area (Å²) in [6.45, 7) is 0. The first-order valence-electron chi connectivity index (χ1n) is 6.10. The van der Waals surface area contributed by atoms with E-state index in [-0.39, 0.29) is 0 Å². The van der Waals surface area contributed by atoms with Crippen LogP contribution < -0.4 is 4.74 Å². The van der Waals surface area contributed by atoms with Crippen LogP contribution in [0.25, 0.3) is 11.1 Å². The molecule has 2 aromatic carbocycles. The van der Waals surface area contributed by atoms with Gasteiger partial charge in [0.15, 0.2) is 0 Å². The zero-order valence-electron chi connectivity index (χ0n) is 10.7. The highest BCUT2D eigenvalue weighted by atomic mass is 35.5. The van der Waals surface area contributed by atoms with Gasteiger partial charge in [0.2, 0.25) is 0 Å². The van der Waals surface area contributed by atoms with E-state index in [4.69, 9.17) is 21.6 Å². The van der Waals surface area contributed by atoms with E-state index >= 15 is 0 Å². The zero-order chi connectivity index (χ0) is 14.7. The molecule has 21 heavy (non-hydrogen) atoms. The van der Waals surface area contributed by atoms with E-state index in [1.54, 1.807) is 24.3 Å². The Labute approximate surface area is 125 Å². The molecule has 0 aliphatic rings. The number of ether oxygens (including phenoxy) is 1. The molecule has 3 rings (SSSR count). The maximum absolute atomic E-state index is 8.81. The van der Waals surface area contributed by atoms with Gasteiger partial charge in [0.05, 0.1) is 16.7 Å². The third-order valence-corrected chi connectivity index (χ3v) is 3.19. The summed E-state index contributed by atoms with van der Waals surface area (Å²) in [6, 6.07) is 14.7. The molecule has 0 amide bonds. The number of halogens is 1. The summed E-state index contributed by atoms with van der Waals surface area (Å²) < 4.78 is 5.49. The van der Waals surface area contributed by atoms with Crippen LogP contribution in [0.15, 0.2) is 48.7 Å². The lowest BCUT2D eigenvalue weighted by Gasteiger charge is -2.07. The molecule has 0 bridgehead atoms. The van der Waals surface area contributed by atoms with Gasteiger partial charge in [0.1, 0.15) is 11.9 Å². The van der Waals surface area contributed by atoms with Crippen molar-refractivity contribution >= 4 is 11.6 Å². The summed E-state index contributed by atoms with van der Waals surface area (Å²) in [7, 11) is 0. The van der Waals surface area contributed by atoms with Crippen LogP contribution >= 0.6 is 11.6 Å². The van der Waals surface area contributed by atoms with Crippen LogP contribution in [0.3, 0.4) is 0 Å². The highest BCUT2D eigenvalue weighted by Gasteiger charge is 2.07. The first-order chi connectivity index (χ1) is 10.3. The molecule has 1 heterocycles. The highest BCUT2D eigenvalue weighted by Crippen LogP contribution is 2.32. The lowest BCUT2D eigenvalue weighted by molar-refractivity contribution is 0.461. The third kappa shape index (κ3) is 2.86. The van der Waals surface area contributed by atoms with E-state index in [1.807, 2.05) is 18.2 Å². The number of nitrogens with one attached hydrogen (secondary N) is 1. The summed E-state index contributed by atoms with van der Waals surface area (Å²) in [5.41, 5.74) is 2.42. The van der Waals surface area contributed by atoms with Crippen LogP contribution in [-0.4, -0.2) is 15.4 Å². The number of aromatic nitrogens is 3. The molecule has 1 N–H and O–H groups in total. The fourth-order valence-corrected chi connectivity index (χ4v) is 2.16. The molecule has 0 radical (unpaired) electrons. The molecule has 0 saturated carbocycles. The Morgan fingerprint density at radius 1 is 1.14 bits per heavy atom. The molecule has 0 spiro atoms. The lowest BCUT2D eigenvalue weighted by atomic mass is 10.0. The van der Waals surface area contributed by atoms with Crippen LogP contribution in [0.5, 0.6) is 11.6 Å². The second kappa shape index (κ2) is 5.65. The fourth-order valence-electron chi connectivity index (χ4n) is 1.88. The fraction of sp³-hybridized carbons (Fsp3) is 0. The lowest BCUT2D eigenvalue weighted by Crippen LogP contribution is -1.86. The van der Waals surface area contributed by atoms with Gasteiger partial charge in [-0.25, -0.2) is 0 Å². The van der Waals surface area contributed by atoms with Gasteiger partial charge in [-0.3, -0.25) is 0 Å². The predicted molar refractivity (Wildman–Crippen MR) is 78.1 cm³/mol. The monoisotopic (exact) mass is 296 g/mol. The zero-order valence-corrected chi connectivity index (χ0v) is 11.5. The molecule has 0 unspecified atom stereocenters. The first-order valence-corrected chi connectivity index (χ1v) is 6.48. The van der Waals surface area contributed by atoms with E-state index in [1.165, 1.54) is 6.20 Å². The summed E-state index contributed by atoms with van der Waals surface area (Å²) in [5, 5.41) is 19.3. The number of rotatable bonds is 3. The molecule has 0 atom stereocenters. The van der Waals surface area contributed by atoms with E-state index in [0.29, 0.717) is 22.2 Å². The van der Waals surface area contributed by atoms with Crippen molar-refractivity contribution in [3.63, 3.8) is 0 Å². The second-order valence-electron chi connectivity index (χ2n) is 4.24. The molecule has 102 valence electrons. The molecule has 0 fully saturated rings. The van der Waals surface area contributed by atoms with E-state index in [2.05, 4.69) is 21.5 Å². The molecule has 3 aromatic rings. The molecule has 0 saturated heterocycles. The van der Waals surface area contributed by atoms with Gasteiger partial charge in [0.25, 0.3) is 5.88 Å². The first kappa shape index (κ1) is 13.2. The number of aromatic amines is 1. The molecule has 6 heteroatoms. The quantitative estimate of drug-likeness (QED) is 0.798. The van der Waals surface area contributed by atoms with E-state index in [9.17, 15) is 0 Å². The third-order valence-electron chi connectivity index (χ3n) is 2.88. The van der Waals surface area contributed by atoms with Crippen molar-refractivity contribution in [2.45, 2.75) is 0 Å². The Morgan fingerprint density at radius 3 is 2.57 bits per heavy atom. The number of nitriles is 1. The summed E-state index contributed by atoms with van der Waals surface area (Å²) in [5.74, 6) is 0.948. The number of H-pyrrole nitrogens is 1. The standard InChI is InChI=1S/C15H9ClN4O/c16-14-7-12(21-15-9-18-20-19-15)5-6-13(14)11-3-1-10(8-17)2-4-11/h1-7,9H,(H,18,19,20). The Bertz CT molecular complexity index is 792. The maximum Gasteiger partial charge on any atom is 0.258 e. The number of benzene rings is 2. The highest BCUT2D eigenvalue weighted by molar-refractivity contribution is 6.33. The Morgan fingerprint density at radius 2 is 1.95 bits per heavy atom. The average Bonchev–Trinajstić information content (AvgIpc) is 3.01. The molecule has 1 aromatic heterocycles. The smallest absolute Gasteiger partial charge is 0.258 e. The number of nitrogens with zero attached hydrogens (tertiary/aromatic N) is 3. The molecule has 5 nitrogen and oxygen atoms in total. The van der Waals surface area contributed by atoms with Crippen LogP contribution in [0.1, 0.15) is 5.56 Å². The van der Waals surface area contributed by atoms with Crippen LogP contribution in [0.4, 0.5) is 0 Å². The summed E-state index contributed by atoms with van der Waals surface area (Å²) in [4.78, 5) is 0. The Kier molecular flexibility index (Phi) is 3.54. The number of hydrogen-bond acceptors (Lipinski definition) is 4. The van der Waals surface area contributed by atoms with Crippen molar-refractivity contribution in [3.05, 3.63) is 59.2 Å². The van der Waals surface area contributed by atoms with E-state index in [0.717, 1.165) is 11.1 Å². The Hall–Kier alpha value is -2.84. The minimum absolute atomic E-state index is 0.372. The normalized spacial score (nSPS) is 10.1. The van der Waals surface area contributed by atoms with Crippen LogP contribution in [0.2, 0.25) is 5.02 Å². The second-order valence-corrected chi connectivity index (χ2v) is 4.65. The van der Waals surface area contributed by atoms with Gasteiger partial charge in [-0.1, -0.05) is 23.7 Å². The number of hydrogen-bond donors (Lipinski definition) is 1. The topological polar surface area (TPSA) is 74.6 Å². The Balaban J connectivity index is 1.88. The van der Waals surface area contributed by atoms with Gasteiger partial charge in [-0.15, -0.1) is 5.10 Å². The van der Waals surface area contributed by atoms with Crippen molar-refractivity contribution < 1.29 is 4.74 Å². The maximum atomic E-state index is 8.81. The molecule has 0 aliphatic heterocycles.